The summed E-state index contributed by atoms with van der Waals surface area (Å²) in [5.41, 5.74) is 2.23. The van der Waals surface area contributed by atoms with Gasteiger partial charge in [0.05, 0.1) is 6.61 Å². The lowest BCUT2D eigenvalue weighted by atomic mass is 10.1. The predicted octanol–water partition coefficient (Wildman–Crippen LogP) is 2.30. The van der Waals surface area contributed by atoms with Crippen molar-refractivity contribution in [1.82, 2.24) is 10.3 Å². The number of pyridine rings is 1. The van der Waals surface area contributed by atoms with Gasteiger partial charge in [0.25, 0.3) is 0 Å². The monoisotopic (exact) mass is 272 g/mol. The number of nitrogens with one attached hydrogen (secondary N) is 1. The highest BCUT2D eigenvalue weighted by molar-refractivity contribution is 5.33. The lowest BCUT2D eigenvalue weighted by Gasteiger charge is -2.16. The summed E-state index contributed by atoms with van der Waals surface area (Å²) in [6.07, 6.45) is 3.64. The highest BCUT2D eigenvalue weighted by atomic mass is 16.5. The van der Waals surface area contributed by atoms with E-state index in [-0.39, 0.29) is 12.6 Å². The highest BCUT2D eigenvalue weighted by Crippen LogP contribution is 2.19. The zero-order valence-corrected chi connectivity index (χ0v) is 11.6. The van der Waals surface area contributed by atoms with Crippen molar-refractivity contribution in [2.75, 3.05) is 13.2 Å². The van der Waals surface area contributed by atoms with Crippen LogP contribution in [0.5, 0.6) is 5.75 Å². The van der Waals surface area contributed by atoms with E-state index in [9.17, 15) is 0 Å². The summed E-state index contributed by atoms with van der Waals surface area (Å²) in [6.45, 7) is 3.15. The minimum Gasteiger partial charge on any atom is -0.491 e. The Morgan fingerprint density at radius 2 is 2.10 bits per heavy atom. The van der Waals surface area contributed by atoms with Gasteiger partial charge in [0.1, 0.15) is 12.4 Å². The van der Waals surface area contributed by atoms with Gasteiger partial charge >= 0.3 is 0 Å². The second-order valence-corrected chi connectivity index (χ2v) is 4.57. The summed E-state index contributed by atoms with van der Waals surface area (Å²) in [4.78, 5) is 4.13. The lowest BCUT2D eigenvalue weighted by Crippen LogP contribution is -2.19. The topological polar surface area (TPSA) is 54.4 Å². The molecule has 1 atom stereocenters. The number of ether oxygens (including phenoxy) is 1. The largest absolute Gasteiger partial charge is 0.491 e. The van der Waals surface area contributed by atoms with E-state index in [1.54, 1.807) is 6.20 Å². The Morgan fingerprint density at radius 1 is 1.25 bits per heavy atom. The number of aliphatic hydroxyl groups is 1. The molecule has 4 nitrogen and oxygen atoms in total. The van der Waals surface area contributed by atoms with Gasteiger partial charge in [-0.3, -0.25) is 4.98 Å². The predicted molar refractivity (Wildman–Crippen MR) is 78.5 cm³/mol. The van der Waals surface area contributed by atoms with Gasteiger partial charge in [-0.2, -0.15) is 0 Å². The summed E-state index contributed by atoms with van der Waals surface area (Å²) >= 11 is 0. The summed E-state index contributed by atoms with van der Waals surface area (Å²) in [7, 11) is 0. The van der Waals surface area contributed by atoms with Gasteiger partial charge < -0.3 is 15.2 Å². The van der Waals surface area contributed by atoms with Gasteiger partial charge in [-0.05, 0) is 24.6 Å². The van der Waals surface area contributed by atoms with E-state index in [0.29, 0.717) is 13.2 Å². The first-order chi connectivity index (χ1) is 9.81. The van der Waals surface area contributed by atoms with E-state index in [1.165, 1.54) is 0 Å². The average molecular weight is 272 g/mol. The van der Waals surface area contributed by atoms with Gasteiger partial charge in [0, 0.05) is 30.5 Å². The fourth-order valence-electron chi connectivity index (χ4n) is 1.96. The van der Waals surface area contributed by atoms with E-state index >= 15 is 0 Å². The molecule has 1 aromatic heterocycles. The summed E-state index contributed by atoms with van der Waals surface area (Å²) in [6, 6.07) is 12.1. The molecule has 0 aliphatic carbocycles. The van der Waals surface area contributed by atoms with Crippen molar-refractivity contribution in [2.24, 2.45) is 0 Å². The van der Waals surface area contributed by atoms with Crippen molar-refractivity contribution in [2.45, 2.75) is 19.5 Å². The quantitative estimate of drug-likeness (QED) is 0.812. The van der Waals surface area contributed by atoms with Crippen LogP contribution in [-0.4, -0.2) is 23.3 Å². The van der Waals surface area contributed by atoms with Gasteiger partial charge in [-0.1, -0.05) is 24.3 Å². The molecule has 0 spiro atoms. The molecule has 0 bridgehead atoms. The van der Waals surface area contributed by atoms with Crippen LogP contribution in [0, 0.1) is 0 Å². The van der Waals surface area contributed by atoms with Crippen LogP contribution in [0.25, 0.3) is 0 Å². The van der Waals surface area contributed by atoms with Gasteiger partial charge in [0.15, 0.2) is 0 Å². The third-order valence-corrected chi connectivity index (χ3v) is 3.10. The van der Waals surface area contributed by atoms with Crippen LogP contribution >= 0.6 is 0 Å². The van der Waals surface area contributed by atoms with Gasteiger partial charge in [-0.25, -0.2) is 0 Å². The summed E-state index contributed by atoms with van der Waals surface area (Å²) in [5.74, 6) is 0.812. The second kappa shape index (κ2) is 7.62. The normalized spacial score (nSPS) is 12.1. The molecule has 2 N–H and O–H groups in total. The van der Waals surface area contributed by atoms with Crippen LogP contribution in [0.2, 0.25) is 0 Å². The van der Waals surface area contributed by atoms with Gasteiger partial charge in [0.2, 0.25) is 0 Å². The van der Waals surface area contributed by atoms with Crippen molar-refractivity contribution in [1.29, 1.82) is 0 Å². The maximum absolute atomic E-state index is 8.84. The minimum atomic E-state index is 0.0217. The Morgan fingerprint density at radius 3 is 2.85 bits per heavy atom. The molecule has 106 valence electrons. The summed E-state index contributed by atoms with van der Waals surface area (Å²) in [5, 5.41) is 12.3. The molecular formula is C16H20N2O2. The van der Waals surface area contributed by atoms with Gasteiger partial charge in [-0.15, -0.1) is 0 Å². The summed E-state index contributed by atoms with van der Waals surface area (Å²) < 4.78 is 5.52. The standard InChI is InChI=1S/C16H20N2O2/c1-13(14-6-4-8-17-11-14)18-12-15-5-2-3-7-16(15)20-10-9-19/h2-8,11,13,18-19H,9-10,12H2,1H3. The Balaban J connectivity index is 1.96. The van der Waals surface area contributed by atoms with Crippen LogP contribution < -0.4 is 10.1 Å². The first kappa shape index (κ1) is 14.5. The minimum absolute atomic E-state index is 0.0217. The number of para-hydroxylation sites is 1. The van der Waals surface area contributed by atoms with Crippen molar-refractivity contribution in [3.05, 3.63) is 59.9 Å². The van der Waals surface area contributed by atoms with Crippen molar-refractivity contribution < 1.29 is 9.84 Å². The third kappa shape index (κ3) is 4.05. The molecule has 20 heavy (non-hydrogen) atoms. The number of rotatable bonds is 7. The molecule has 1 aromatic carbocycles. The molecule has 0 fully saturated rings. The molecule has 0 radical (unpaired) electrons. The molecule has 0 amide bonds. The van der Waals surface area contributed by atoms with E-state index in [1.807, 2.05) is 36.5 Å². The smallest absolute Gasteiger partial charge is 0.123 e. The zero-order chi connectivity index (χ0) is 14.2. The van der Waals surface area contributed by atoms with E-state index in [2.05, 4.69) is 23.3 Å². The van der Waals surface area contributed by atoms with E-state index in [0.717, 1.165) is 16.9 Å². The third-order valence-electron chi connectivity index (χ3n) is 3.10. The second-order valence-electron chi connectivity index (χ2n) is 4.57. The maximum atomic E-state index is 8.84. The fourth-order valence-corrected chi connectivity index (χ4v) is 1.96. The Hall–Kier alpha value is -1.91. The first-order valence-electron chi connectivity index (χ1n) is 6.76. The number of aliphatic hydroxyl groups excluding tert-OH is 1. The average Bonchev–Trinajstić information content (AvgIpc) is 2.52. The van der Waals surface area contributed by atoms with Crippen LogP contribution in [0.3, 0.4) is 0 Å². The number of nitrogens with zero attached hydrogens (tertiary/aromatic N) is 1. The SMILES string of the molecule is CC(NCc1ccccc1OCCO)c1cccnc1. The Bertz CT molecular complexity index is 517. The van der Waals surface area contributed by atoms with Crippen LogP contribution in [0.15, 0.2) is 48.8 Å². The van der Waals surface area contributed by atoms with E-state index in [4.69, 9.17) is 9.84 Å². The van der Waals surface area contributed by atoms with Crippen molar-refractivity contribution in [3.63, 3.8) is 0 Å². The first-order valence-corrected chi connectivity index (χ1v) is 6.76. The van der Waals surface area contributed by atoms with Crippen LogP contribution in [0.1, 0.15) is 24.1 Å². The molecular weight excluding hydrogens is 252 g/mol. The molecule has 0 saturated heterocycles. The Labute approximate surface area is 119 Å². The molecule has 1 unspecified atom stereocenters. The molecule has 0 aliphatic rings. The molecule has 2 rings (SSSR count). The number of hydrogen-bond acceptors (Lipinski definition) is 4. The van der Waals surface area contributed by atoms with Crippen LogP contribution in [0.4, 0.5) is 0 Å². The molecule has 0 saturated carbocycles. The number of hydrogen-bond donors (Lipinski definition) is 2. The fraction of sp³-hybridized carbons (Fsp3) is 0.312. The number of benzene rings is 1. The molecule has 1 heterocycles. The molecule has 0 aliphatic heterocycles. The molecule has 4 heteroatoms. The number of aromatic nitrogens is 1. The highest BCUT2D eigenvalue weighted by Gasteiger charge is 2.07. The van der Waals surface area contributed by atoms with E-state index < -0.39 is 0 Å². The lowest BCUT2D eigenvalue weighted by molar-refractivity contribution is 0.200. The molecule has 2 aromatic rings. The van der Waals surface area contributed by atoms with Crippen LogP contribution in [-0.2, 0) is 6.54 Å². The van der Waals surface area contributed by atoms with Crippen molar-refractivity contribution in [3.8, 4) is 5.75 Å². The zero-order valence-electron chi connectivity index (χ0n) is 11.6. The maximum Gasteiger partial charge on any atom is 0.123 e. The Kier molecular flexibility index (Phi) is 5.53. The van der Waals surface area contributed by atoms with Crippen molar-refractivity contribution >= 4 is 0 Å².